The quantitative estimate of drug-likeness (QED) is 0.129. The van der Waals surface area contributed by atoms with E-state index in [1.807, 2.05) is 48.7 Å². The summed E-state index contributed by atoms with van der Waals surface area (Å²) in [5.41, 5.74) is 10.6. The fraction of sp³-hybridized carbons (Fsp3) is 0.243. The third-order valence-corrected chi connectivity index (χ3v) is 9.00. The first-order valence-corrected chi connectivity index (χ1v) is 17.6. The van der Waals surface area contributed by atoms with E-state index < -0.39 is 8.07 Å². The molecule has 0 N–H and O–H groups in total. The summed E-state index contributed by atoms with van der Waals surface area (Å²) in [6.07, 6.45) is 5.19. The molecule has 2 heterocycles. The maximum Gasteiger partial charge on any atom is 0.0798 e. The summed E-state index contributed by atoms with van der Waals surface area (Å²) in [4.78, 5) is 9.26. The van der Waals surface area contributed by atoms with Crippen molar-refractivity contribution >= 4 is 13.3 Å². The number of aromatic nitrogens is 2. The van der Waals surface area contributed by atoms with Crippen molar-refractivity contribution in [3.8, 4) is 33.6 Å². The van der Waals surface area contributed by atoms with Crippen molar-refractivity contribution in [3.05, 3.63) is 126 Å². The Morgan fingerprint density at radius 2 is 1.29 bits per heavy atom. The van der Waals surface area contributed by atoms with Gasteiger partial charge in [0, 0.05) is 32.5 Å². The molecule has 0 spiro atoms. The number of pyridine rings is 2. The fourth-order valence-corrected chi connectivity index (χ4v) is 6.59. The summed E-state index contributed by atoms with van der Waals surface area (Å²) < 4.78 is 0. The molecule has 0 aliphatic rings. The smallest absolute Gasteiger partial charge is 0.0798 e. The Labute approximate surface area is 261 Å². The van der Waals surface area contributed by atoms with E-state index >= 15 is 0 Å². The summed E-state index contributed by atoms with van der Waals surface area (Å²) in [5.74, 6) is 0.667. The summed E-state index contributed by atoms with van der Waals surface area (Å²) in [5, 5.41) is 1.49. The SMILES string of the molecule is CC(C)Cc1cc(-c2[c-]cccc2)ncc1[Si](C)(C)C.Cc1cccc(C)c1-c1ccc(-c2[c-]cccc2)nc1.[Ir]. The van der Waals surface area contributed by atoms with Gasteiger partial charge in [0.15, 0.2) is 0 Å². The fourth-order valence-electron chi connectivity index (χ4n) is 5.00. The maximum absolute atomic E-state index is 4.69. The number of hydrogen-bond acceptors (Lipinski definition) is 2. The molecule has 0 unspecified atom stereocenters. The zero-order valence-corrected chi connectivity index (χ0v) is 28.6. The summed E-state index contributed by atoms with van der Waals surface area (Å²) in [6.45, 7) is 16.0. The second kappa shape index (κ2) is 14.6. The average molecular weight is 733 g/mol. The molecule has 0 saturated heterocycles. The van der Waals surface area contributed by atoms with Crippen LogP contribution in [-0.2, 0) is 26.5 Å². The van der Waals surface area contributed by atoms with Gasteiger partial charge >= 0.3 is 0 Å². The standard InChI is InChI=1S/C19H16N.C18H24NSi.Ir/c1-14-7-6-8-15(2)19(14)17-11-12-18(20-13-17)16-9-4-3-5-10-16;1-14(2)11-16-12-17(15-9-7-6-8-10-15)19-13-18(16)20(3,4)5;/h3-9,11-13H,1-2H3;6-9,12-14H,11H2,1-5H3;/q2*-1;. The average Bonchev–Trinajstić information content (AvgIpc) is 2.94. The van der Waals surface area contributed by atoms with Gasteiger partial charge in [-0.1, -0.05) is 75.5 Å². The van der Waals surface area contributed by atoms with Crippen molar-refractivity contribution in [1.82, 2.24) is 9.97 Å². The van der Waals surface area contributed by atoms with Crippen LogP contribution < -0.4 is 5.19 Å². The van der Waals surface area contributed by atoms with E-state index in [2.05, 4.69) is 118 Å². The Kier molecular flexibility index (Phi) is 11.5. The Bertz CT molecular complexity index is 1500. The van der Waals surface area contributed by atoms with Crippen LogP contribution in [0.4, 0.5) is 0 Å². The van der Waals surface area contributed by atoms with Crippen LogP contribution in [-0.4, -0.2) is 18.0 Å². The van der Waals surface area contributed by atoms with Crippen molar-refractivity contribution in [2.75, 3.05) is 0 Å². The van der Waals surface area contributed by atoms with Crippen molar-refractivity contribution in [2.45, 2.75) is 53.8 Å². The van der Waals surface area contributed by atoms with E-state index in [-0.39, 0.29) is 20.1 Å². The van der Waals surface area contributed by atoms with Crippen LogP contribution in [0.1, 0.15) is 30.5 Å². The molecule has 2 aromatic heterocycles. The van der Waals surface area contributed by atoms with E-state index in [0.717, 1.165) is 28.9 Å². The van der Waals surface area contributed by atoms with Crippen LogP contribution >= 0.6 is 0 Å². The van der Waals surface area contributed by atoms with Crippen LogP contribution in [0.2, 0.25) is 19.6 Å². The van der Waals surface area contributed by atoms with Crippen LogP contribution in [0.5, 0.6) is 0 Å². The molecule has 0 fully saturated rings. The van der Waals surface area contributed by atoms with E-state index in [4.69, 9.17) is 0 Å². The first kappa shape index (κ1) is 32.3. The first-order valence-electron chi connectivity index (χ1n) is 14.1. The monoisotopic (exact) mass is 733 g/mol. The van der Waals surface area contributed by atoms with Crippen molar-refractivity contribution in [3.63, 3.8) is 0 Å². The predicted octanol–water partition coefficient (Wildman–Crippen LogP) is 9.12. The van der Waals surface area contributed by atoms with Gasteiger partial charge in [0.05, 0.1) is 8.07 Å². The predicted molar refractivity (Wildman–Crippen MR) is 173 cm³/mol. The Morgan fingerprint density at radius 1 is 0.707 bits per heavy atom. The topological polar surface area (TPSA) is 25.8 Å². The van der Waals surface area contributed by atoms with E-state index in [1.165, 1.54) is 33.0 Å². The minimum atomic E-state index is -1.34. The summed E-state index contributed by atoms with van der Waals surface area (Å²) >= 11 is 0. The van der Waals surface area contributed by atoms with Crippen LogP contribution in [0.25, 0.3) is 33.6 Å². The van der Waals surface area contributed by atoms with Gasteiger partial charge in [0.25, 0.3) is 0 Å². The van der Waals surface area contributed by atoms with Crippen LogP contribution in [0, 0.1) is 31.9 Å². The van der Waals surface area contributed by atoms with Gasteiger partial charge in [0.2, 0.25) is 0 Å². The molecule has 0 amide bonds. The van der Waals surface area contributed by atoms with Gasteiger partial charge in [-0.3, -0.25) is 0 Å². The van der Waals surface area contributed by atoms with E-state index in [1.54, 1.807) is 0 Å². The first-order chi connectivity index (χ1) is 19.1. The third kappa shape index (κ3) is 8.66. The summed E-state index contributed by atoms with van der Waals surface area (Å²) in [6, 6.07) is 35.3. The van der Waals surface area contributed by atoms with E-state index in [9.17, 15) is 0 Å². The molecule has 5 rings (SSSR count). The number of benzene rings is 3. The summed E-state index contributed by atoms with van der Waals surface area (Å²) in [7, 11) is -1.34. The van der Waals surface area contributed by atoms with Crippen molar-refractivity contribution < 1.29 is 20.1 Å². The molecule has 2 nitrogen and oxygen atoms in total. The largest absolute Gasteiger partial charge is 0.305 e. The second-order valence-corrected chi connectivity index (χ2v) is 16.9. The molecule has 0 aliphatic carbocycles. The molecule has 0 saturated carbocycles. The Hall–Kier alpha value is -3.17. The van der Waals surface area contributed by atoms with Gasteiger partial charge in [-0.25, -0.2) is 0 Å². The molecular formula is C37H40IrN2Si-2. The molecule has 0 atom stereocenters. The minimum absolute atomic E-state index is 0. The second-order valence-electron chi connectivity index (χ2n) is 11.8. The van der Waals surface area contributed by atoms with Gasteiger partial charge < -0.3 is 9.97 Å². The molecule has 1 radical (unpaired) electrons. The molecule has 4 heteroatoms. The number of nitrogens with zero attached hydrogens (tertiary/aromatic N) is 2. The van der Waals surface area contributed by atoms with Crippen LogP contribution in [0.3, 0.4) is 0 Å². The molecule has 213 valence electrons. The zero-order valence-electron chi connectivity index (χ0n) is 25.2. The Morgan fingerprint density at radius 3 is 1.78 bits per heavy atom. The molecule has 3 aromatic carbocycles. The third-order valence-electron chi connectivity index (χ3n) is 6.93. The number of hydrogen-bond donors (Lipinski definition) is 0. The molecule has 5 aromatic rings. The molecule has 41 heavy (non-hydrogen) atoms. The van der Waals surface area contributed by atoms with E-state index in [0.29, 0.717) is 5.92 Å². The van der Waals surface area contributed by atoms with Crippen LogP contribution in [0.15, 0.2) is 97.3 Å². The minimum Gasteiger partial charge on any atom is -0.305 e. The molecule has 0 aliphatic heterocycles. The molecule has 0 bridgehead atoms. The zero-order chi connectivity index (χ0) is 28.7. The van der Waals surface area contributed by atoms with Gasteiger partial charge in [-0.15, -0.1) is 71.8 Å². The van der Waals surface area contributed by atoms with Crippen molar-refractivity contribution in [2.24, 2.45) is 5.92 Å². The molecular weight excluding hydrogens is 693 g/mol. The maximum atomic E-state index is 4.69. The van der Waals surface area contributed by atoms with Gasteiger partial charge in [0.1, 0.15) is 0 Å². The van der Waals surface area contributed by atoms with Gasteiger partial charge in [-0.05, 0) is 65.0 Å². The number of rotatable bonds is 6. The van der Waals surface area contributed by atoms with Gasteiger partial charge in [-0.2, -0.15) is 0 Å². The number of aryl methyl sites for hydroxylation is 2. The Balaban J connectivity index is 0.000000220. The normalized spacial score (nSPS) is 10.9. The van der Waals surface area contributed by atoms with Crippen molar-refractivity contribution in [1.29, 1.82) is 0 Å².